The van der Waals surface area contributed by atoms with Gasteiger partial charge in [0, 0.05) is 6.42 Å². The Morgan fingerprint density at radius 3 is 2.80 bits per heavy atom. The van der Waals surface area contributed by atoms with E-state index in [1.54, 1.807) is 0 Å². The van der Waals surface area contributed by atoms with Crippen molar-refractivity contribution in [2.75, 3.05) is 0 Å². The van der Waals surface area contributed by atoms with Crippen LogP contribution in [0.25, 0.3) is 0 Å². The Morgan fingerprint density at radius 2 is 2.40 bits per heavy atom. The molecule has 0 aromatic rings. The lowest BCUT2D eigenvalue weighted by molar-refractivity contribution is -0.158. The van der Waals surface area contributed by atoms with Crippen molar-refractivity contribution >= 4 is 11.8 Å². The summed E-state index contributed by atoms with van der Waals surface area (Å²) in [7, 11) is 0. The number of Topliss-reactive ketones (excluding diaryl/α,β-unsaturated/α-hetero) is 1. The van der Waals surface area contributed by atoms with Gasteiger partial charge in [0.25, 0.3) is 0 Å². The average molecular weight is 142 g/mol. The summed E-state index contributed by atoms with van der Waals surface area (Å²) in [5.74, 6) is -0.292. The summed E-state index contributed by atoms with van der Waals surface area (Å²) in [5, 5.41) is 0. The van der Waals surface area contributed by atoms with Crippen LogP contribution in [0.3, 0.4) is 0 Å². The lowest BCUT2D eigenvalue weighted by atomic mass is 10.1. The first-order valence-corrected chi connectivity index (χ1v) is 3.40. The van der Waals surface area contributed by atoms with E-state index in [-0.39, 0.29) is 11.8 Å². The molecule has 3 nitrogen and oxygen atoms in total. The van der Waals surface area contributed by atoms with Crippen molar-refractivity contribution in [3.05, 3.63) is 0 Å². The third kappa shape index (κ3) is 1.56. The number of rotatable bonds is 1. The Morgan fingerprint density at radius 1 is 1.70 bits per heavy atom. The third-order valence-corrected chi connectivity index (χ3v) is 1.57. The van der Waals surface area contributed by atoms with E-state index >= 15 is 0 Å². The Kier molecular flexibility index (Phi) is 2.04. The predicted octanol–water partition coefficient (Wildman–Crippen LogP) is 0.671. The van der Waals surface area contributed by atoms with Crippen LogP contribution in [-0.4, -0.2) is 17.9 Å². The van der Waals surface area contributed by atoms with Gasteiger partial charge >= 0.3 is 5.97 Å². The molecule has 1 aliphatic heterocycles. The van der Waals surface area contributed by atoms with Gasteiger partial charge in [0.1, 0.15) is 0 Å². The molecule has 1 unspecified atom stereocenters. The highest BCUT2D eigenvalue weighted by molar-refractivity contribution is 5.84. The summed E-state index contributed by atoms with van der Waals surface area (Å²) in [6.45, 7) is 1.45. The molecule has 0 aromatic carbocycles. The molecule has 0 N–H and O–H groups in total. The molecular formula is C7H10O3. The van der Waals surface area contributed by atoms with Crippen LogP contribution >= 0.6 is 0 Å². The van der Waals surface area contributed by atoms with Crippen LogP contribution in [-0.2, 0) is 14.3 Å². The summed E-state index contributed by atoms with van der Waals surface area (Å²) >= 11 is 0. The molecule has 0 radical (unpaired) electrons. The molecule has 0 saturated carbocycles. The van der Waals surface area contributed by atoms with Gasteiger partial charge in [-0.15, -0.1) is 0 Å². The molecule has 1 rings (SSSR count). The molecule has 1 fully saturated rings. The highest BCUT2D eigenvalue weighted by Crippen LogP contribution is 2.14. The first kappa shape index (κ1) is 7.25. The Labute approximate surface area is 59.4 Å². The average Bonchev–Trinajstić information content (AvgIpc) is 1.88. The molecule has 0 bridgehead atoms. The zero-order valence-corrected chi connectivity index (χ0v) is 5.92. The van der Waals surface area contributed by atoms with E-state index in [1.807, 2.05) is 0 Å². The van der Waals surface area contributed by atoms with E-state index in [2.05, 4.69) is 0 Å². The van der Waals surface area contributed by atoms with E-state index in [4.69, 9.17) is 4.74 Å². The SMILES string of the molecule is CC(=O)C1CCCC(=O)O1. The van der Waals surface area contributed by atoms with Crippen molar-refractivity contribution in [3.63, 3.8) is 0 Å². The van der Waals surface area contributed by atoms with Crippen LogP contribution in [0.15, 0.2) is 0 Å². The topological polar surface area (TPSA) is 43.4 Å². The van der Waals surface area contributed by atoms with E-state index in [0.29, 0.717) is 12.8 Å². The van der Waals surface area contributed by atoms with E-state index in [0.717, 1.165) is 6.42 Å². The second kappa shape index (κ2) is 2.82. The van der Waals surface area contributed by atoms with Gasteiger partial charge in [-0.3, -0.25) is 9.59 Å². The van der Waals surface area contributed by atoms with Gasteiger partial charge in [-0.2, -0.15) is 0 Å². The Bertz CT molecular complexity index is 160. The minimum Gasteiger partial charge on any atom is -0.454 e. The first-order valence-electron chi connectivity index (χ1n) is 3.40. The van der Waals surface area contributed by atoms with Gasteiger partial charge in [-0.1, -0.05) is 0 Å². The molecule has 1 aliphatic rings. The van der Waals surface area contributed by atoms with E-state index in [9.17, 15) is 9.59 Å². The second-order valence-electron chi connectivity index (χ2n) is 2.48. The fraction of sp³-hybridized carbons (Fsp3) is 0.714. The maximum Gasteiger partial charge on any atom is 0.306 e. The molecule has 3 heteroatoms. The molecule has 0 aromatic heterocycles. The van der Waals surface area contributed by atoms with Gasteiger partial charge < -0.3 is 4.74 Å². The highest BCUT2D eigenvalue weighted by Gasteiger charge is 2.23. The zero-order chi connectivity index (χ0) is 7.56. The van der Waals surface area contributed by atoms with Crippen molar-refractivity contribution in [2.45, 2.75) is 32.3 Å². The number of ether oxygens (including phenoxy) is 1. The van der Waals surface area contributed by atoms with Crippen LogP contribution in [0, 0.1) is 0 Å². The smallest absolute Gasteiger partial charge is 0.306 e. The fourth-order valence-electron chi connectivity index (χ4n) is 0.995. The lowest BCUT2D eigenvalue weighted by Gasteiger charge is -2.19. The molecular weight excluding hydrogens is 132 g/mol. The highest BCUT2D eigenvalue weighted by atomic mass is 16.5. The number of ketones is 1. The number of hydrogen-bond acceptors (Lipinski definition) is 3. The van der Waals surface area contributed by atoms with Crippen LogP contribution in [0.2, 0.25) is 0 Å². The third-order valence-electron chi connectivity index (χ3n) is 1.57. The summed E-state index contributed by atoms with van der Waals surface area (Å²) in [5.41, 5.74) is 0. The molecule has 0 aliphatic carbocycles. The zero-order valence-electron chi connectivity index (χ0n) is 5.92. The number of esters is 1. The van der Waals surface area contributed by atoms with Crippen molar-refractivity contribution in [1.82, 2.24) is 0 Å². The predicted molar refractivity (Wildman–Crippen MR) is 34.4 cm³/mol. The first-order chi connectivity index (χ1) is 4.70. The monoisotopic (exact) mass is 142 g/mol. The number of carbonyl (C=O) groups is 2. The molecule has 10 heavy (non-hydrogen) atoms. The maximum atomic E-state index is 10.7. The summed E-state index contributed by atoms with van der Waals surface area (Å²) < 4.78 is 4.76. The maximum absolute atomic E-state index is 10.7. The van der Waals surface area contributed by atoms with Gasteiger partial charge in [-0.05, 0) is 19.8 Å². The number of cyclic esters (lactones) is 1. The molecule has 0 amide bonds. The second-order valence-corrected chi connectivity index (χ2v) is 2.48. The van der Waals surface area contributed by atoms with Crippen LogP contribution < -0.4 is 0 Å². The molecule has 1 saturated heterocycles. The van der Waals surface area contributed by atoms with Gasteiger partial charge in [0.2, 0.25) is 0 Å². The normalized spacial score (nSPS) is 25.7. The van der Waals surface area contributed by atoms with E-state index < -0.39 is 6.10 Å². The fourth-order valence-corrected chi connectivity index (χ4v) is 0.995. The summed E-state index contributed by atoms with van der Waals surface area (Å²) in [6.07, 6.45) is 1.48. The molecule has 56 valence electrons. The Hall–Kier alpha value is -0.860. The summed E-state index contributed by atoms with van der Waals surface area (Å²) in [4.78, 5) is 21.3. The lowest BCUT2D eigenvalue weighted by Crippen LogP contribution is -2.29. The standard InChI is InChI=1S/C7H10O3/c1-5(8)6-3-2-4-7(9)10-6/h6H,2-4H2,1H3. The minimum atomic E-state index is -0.457. The number of carbonyl (C=O) groups excluding carboxylic acids is 2. The van der Waals surface area contributed by atoms with Crippen molar-refractivity contribution in [3.8, 4) is 0 Å². The number of hydrogen-bond donors (Lipinski definition) is 0. The van der Waals surface area contributed by atoms with Crippen LogP contribution in [0.4, 0.5) is 0 Å². The van der Waals surface area contributed by atoms with Gasteiger partial charge in [0.15, 0.2) is 11.9 Å². The van der Waals surface area contributed by atoms with E-state index in [1.165, 1.54) is 6.92 Å². The van der Waals surface area contributed by atoms with Crippen molar-refractivity contribution in [2.24, 2.45) is 0 Å². The largest absolute Gasteiger partial charge is 0.454 e. The van der Waals surface area contributed by atoms with Gasteiger partial charge in [-0.25, -0.2) is 0 Å². The Balaban J connectivity index is 2.47. The van der Waals surface area contributed by atoms with Gasteiger partial charge in [0.05, 0.1) is 0 Å². The van der Waals surface area contributed by atoms with Crippen molar-refractivity contribution < 1.29 is 14.3 Å². The van der Waals surface area contributed by atoms with Crippen molar-refractivity contribution in [1.29, 1.82) is 0 Å². The minimum absolute atomic E-state index is 0.0481. The molecule has 1 heterocycles. The summed E-state index contributed by atoms with van der Waals surface area (Å²) in [6, 6.07) is 0. The molecule has 1 atom stereocenters. The van der Waals surface area contributed by atoms with Crippen LogP contribution in [0.1, 0.15) is 26.2 Å². The van der Waals surface area contributed by atoms with Crippen LogP contribution in [0.5, 0.6) is 0 Å². The molecule has 0 spiro atoms. The quantitative estimate of drug-likeness (QED) is 0.505.